The van der Waals surface area contributed by atoms with E-state index in [1.54, 1.807) is 0 Å². The first kappa shape index (κ1) is 17.5. The fourth-order valence-electron chi connectivity index (χ4n) is 2.91. The number of aliphatic hydroxyl groups excluding tert-OH is 1. The van der Waals surface area contributed by atoms with Gasteiger partial charge >= 0.3 is 12.1 Å². The van der Waals surface area contributed by atoms with Gasteiger partial charge in [0.05, 0.1) is 11.5 Å². The van der Waals surface area contributed by atoms with Crippen LogP contribution in [0.2, 0.25) is 0 Å². The number of carboxylic acids is 1. The summed E-state index contributed by atoms with van der Waals surface area (Å²) in [5.74, 6) is -1.24. The average Bonchev–Trinajstić information content (AvgIpc) is 2.48. The molecule has 1 saturated heterocycles. The van der Waals surface area contributed by atoms with E-state index in [0.29, 0.717) is 12.8 Å². The Morgan fingerprint density at radius 3 is 2.74 bits per heavy atom. The first-order valence-corrected chi connectivity index (χ1v) is 7.27. The molecule has 1 aliphatic rings. The Morgan fingerprint density at radius 1 is 1.52 bits per heavy atom. The lowest BCUT2D eigenvalue weighted by Gasteiger charge is -2.42. The SMILES string of the molecule is CCC[C@]1(C(=O)O)CCN(c2nccc(C(F)(F)F)n2)C[C@@H]1O. The van der Waals surface area contributed by atoms with Crippen LogP contribution in [0.5, 0.6) is 0 Å². The van der Waals surface area contributed by atoms with Crippen molar-refractivity contribution in [1.82, 2.24) is 9.97 Å². The third-order valence-corrected chi connectivity index (χ3v) is 4.20. The standard InChI is InChI=1S/C14H18F3N3O3/c1-2-4-13(11(22)23)5-7-20(8-10(13)21)12-18-6-3-9(19-12)14(15,16)17/h3,6,10,21H,2,4-5,7-8H2,1H3,(H,22,23)/t10-,13-/m0/s1. The molecule has 2 atom stereocenters. The predicted octanol–water partition coefficient (Wildman–Crippen LogP) is 1.94. The van der Waals surface area contributed by atoms with Crippen molar-refractivity contribution in [3.63, 3.8) is 0 Å². The van der Waals surface area contributed by atoms with Crippen LogP contribution in [0.3, 0.4) is 0 Å². The van der Waals surface area contributed by atoms with E-state index >= 15 is 0 Å². The molecule has 1 aromatic rings. The molecular formula is C14H18F3N3O3. The number of carboxylic acid groups (broad SMARTS) is 1. The number of aliphatic hydroxyl groups is 1. The van der Waals surface area contributed by atoms with Crippen molar-refractivity contribution < 1.29 is 28.2 Å². The maximum Gasteiger partial charge on any atom is 0.433 e. The number of hydrogen-bond acceptors (Lipinski definition) is 5. The van der Waals surface area contributed by atoms with E-state index in [1.165, 1.54) is 4.90 Å². The molecule has 1 aromatic heterocycles. The molecule has 0 saturated carbocycles. The number of nitrogens with zero attached hydrogens (tertiary/aromatic N) is 3. The van der Waals surface area contributed by atoms with Crippen molar-refractivity contribution in [2.75, 3.05) is 18.0 Å². The summed E-state index contributed by atoms with van der Waals surface area (Å²) in [4.78, 5) is 20.2. The molecule has 0 aliphatic carbocycles. The van der Waals surface area contributed by atoms with E-state index in [9.17, 15) is 28.2 Å². The van der Waals surface area contributed by atoms with Gasteiger partial charge in [0.2, 0.25) is 5.95 Å². The topological polar surface area (TPSA) is 86.5 Å². The lowest BCUT2D eigenvalue weighted by molar-refractivity contribution is -0.159. The number of halogens is 3. The smallest absolute Gasteiger partial charge is 0.433 e. The molecule has 0 amide bonds. The fourth-order valence-corrected chi connectivity index (χ4v) is 2.91. The number of carbonyl (C=O) groups is 1. The van der Waals surface area contributed by atoms with Gasteiger partial charge in [-0.05, 0) is 18.9 Å². The van der Waals surface area contributed by atoms with Gasteiger partial charge in [0.25, 0.3) is 0 Å². The number of aliphatic carboxylic acids is 1. The van der Waals surface area contributed by atoms with E-state index in [-0.39, 0.29) is 25.5 Å². The molecule has 0 unspecified atom stereocenters. The highest BCUT2D eigenvalue weighted by Gasteiger charge is 2.48. The first-order chi connectivity index (χ1) is 10.7. The highest BCUT2D eigenvalue weighted by atomic mass is 19.4. The van der Waals surface area contributed by atoms with Gasteiger partial charge in [-0.25, -0.2) is 9.97 Å². The van der Waals surface area contributed by atoms with Crippen LogP contribution in [0.15, 0.2) is 12.3 Å². The van der Waals surface area contributed by atoms with Gasteiger partial charge in [-0.2, -0.15) is 13.2 Å². The first-order valence-electron chi connectivity index (χ1n) is 7.27. The summed E-state index contributed by atoms with van der Waals surface area (Å²) in [6.45, 7) is 1.87. The largest absolute Gasteiger partial charge is 0.481 e. The number of piperidine rings is 1. The van der Waals surface area contributed by atoms with E-state index < -0.39 is 29.4 Å². The second kappa shape index (κ2) is 6.31. The molecule has 2 heterocycles. The van der Waals surface area contributed by atoms with Gasteiger partial charge in [-0.15, -0.1) is 0 Å². The van der Waals surface area contributed by atoms with Crippen molar-refractivity contribution in [1.29, 1.82) is 0 Å². The minimum absolute atomic E-state index is 0.117. The molecule has 9 heteroatoms. The lowest BCUT2D eigenvalue weighted by Crippen LogP contribution is -2.55. The Labute approximate surface area is 131 Å². The summed E-state index contributed by atoms with van der Waals surface area (Å²) in [5, 5.41) is 19.7. The minimum Gasteiger partial charge on any atom is -0.481 e. The maximum absolute atomic E-state index is 12.7. The van der Waals surface area contributed by atoms with Gasteiger partial charge in [0, 0.05) is 19.3 Å². The van der Waals surface area contributed by atoms with Crippen LogP contribution in [-0.2, 0) is 11.0 Å². The summed E-state index contributed by atoms with van der Waals surface area (Å²) in [7, 11) is 0. The lowest BCUT2D eigenvalue weighted by atomic mass is 9.73. The number of hydrogen-bond donors (Lipinski definition) is 2. The minimum atomic E-state index is -4.58. The molecule has 1 fully saturated rings. The van der Waals surface area contributed by atoms with E-state index in [4.69, 9.17) is 0 Å². The van der Waals surface area contributed by atoms with Crippen LogP contribution in [0, 0.1) is 5.41 Å². The molecule has 2 N–H and O–H groups in total. The van der Waals surface area contributed by atoms with E-state index in [1.807, 2.05) is 6.92 Å². The normalized spacial score (nSPS) is 25.4. The van der Waals surface area contributed by atoms with Gasteiger partial charge in [0.15, 0.2) is 0 Å². The van der Waals surface area contributed by atoms with Crippen LogP contribution in [0.25, 0.3) is 0 Å². The molecule has 23 heavy (non-hydrogen) atoms. The van der Waals surface area contributed by atoms with Gasteiger partial charge < -0.3 is 15.1 Å². The molecule has 0 radical (unpaired) electrons. The monoisotopic (exact) mass is 333 g/mol. The van der Waals surface area contributed by atoms with Crippen molar-refractivity contribution in [3.05, 3.63) is 18.0 Å². The molecule has 128 valence electrons. The summed E-state index contributed by atoms with van der Waals surface area (Å²) in [6, 6.07) is 0.766. The number of aromatic nitrogens is 2. The van der Waals surface area contributed by atoms with Crippen molar-refractivity contribution in [2.24, 2.45) is 5.41 Å². The number of rotatable bonds is 4. The Morgan fingerprint density at radius 2 is 2.22 bits per heavy atom. The molecule has 6 nitrogen and oxygen atoms in total. The molecule has 0 bridgehead atoms. The van der Waals surface area contributed by atoms with Crippen molar-refractivity contribution in [2.45, 2.75) is 38.5 Å². The Kier molecular flexibility index (Phi) is 4.79. The zero-order valence-electron chi connectivity index (χ0n) is 12.5. The molecule has 1 aliphatic heterocycles. The summed E-state index contributed by atoms with van der Waals surface area (Å²) >= 11 is 0. The Balaban J connectivity index is 2.22. The second-order valence-corrected chi connectivity index (χ2v) is 5.66. The summed E-state index contributed by atoms with van der Waals surface area (Å²) in [5.41, 5.74) is -2.34. The predicted molar refractivity (Wildman–Crippen MR) is 74.8 cm³/mol. The fraction of sp³-hybridized carbons (Fsp3) is 0.643. The van der Waals surface area contributed by atoms with Crippen LogP contribution >= 0.6 is 0 Å². The van der Waals surface area contributed by atoms with Crippen LogP contribution in [0.1, 0.15) is 31.9 Å². The van der Waals surface area contributed by atoms with Gasteiger partial charge in [-0.1, -0.05) is 13.3 Å². The Bertz CT molecular complexity index is 582. The molecule has 0 aromatic carbocycles. The quantitative estimate of drug-likeness (QED) is 0.876. The molecule has 2 rings (SSSR count). The van der Waals surface area contributed by atoms with Crippen LogP contribution in [-0.4, -0.2) is 45.3 Å². The third-order valence-electron chi connectivity index (χ3n) is 4.20. The third kappa shape index (κ3) is 3.39. The summed E-state index contributed by atoms with van der Waals surface area (Å²) < 4.78 is 38.1. The van der Waals surface area contributed by atoms with E-state index in [0.717, 1.165) is 12.3 Å². The number of β-amino-alcohol motifs (C(OH)–C–C–N with tert-alkyl or cyclic N) is 1. The number of anilines is 1. The maximum atomic E-state index is 12.7. The number of alkyl halides is 3. The molecule has 0 spiro atoms. The van der Waals surface area contributed by atoms with Gasteiger partial charge in [-0.3, -0.25) is 4.79 Å². The average molecular weight is 333 g/mol. The highest BCUT2D eigenvalue weighted by Crippen LogP contribution is 2.38. The van der Waals surface area contributed by atoms with Crippen LogP contribution < -0.4 is 4.90 Å². The Hall–Kier alpha value is -1.90. The highest BCUT2D eigenvalue weighted by molar-refractivity contribution is 5.76. The van der Waals surface area contributed by atoms with Crippen LogP contribution in [0.4, 0.5) is 19.1 Å². The zero-order valence-corrected chi connectivity index (χ0v) is 12.5. The zero-order chi connectivity index (χ0) is 17.3. The second-order valence-electron chi connectivity index (χ2n) is 5.66. The summed E-state index contributed by atoms with van der Waals surface area (Å²) in [6.07, 6.45) is -3.77. The molecular weight excluding hydrogens is 315 g/mol. The van der Waals surface area contributed by atoms with E-state index in [2.05, 4.69) is 9.97 Å². The van der Waals surface area contributed by atoms with Gasteiger partial charge in [0.1, 0.15) is 5.69 Å². The van der Waals surface area contributed by atoms with Crippen molar-refractivity contribution in [3.8, 4) is 0 Å². The van der Waals surface area contributed by atoms with Crippen molar-refractivity contribution >= 4 is 11.9 Å².